The summed E-state index contributed by atoms with van der Waals surface area (Å²) in [5, 5.41) is 0. The molecule has 16 heavy (non-hydrogen) atoms. The summed E-state index contributed by atoms with van der Waals surface area (Å²) in [6.45, 7) is 5.64. The van der Waals surface area contributed by atoms with Gasteiger partial charge in [-0.05, 0) is 55.6 Å². The molecule has 1 fully saturated rings. The van der Waals surface area contributed by atoms with E-state index in [9.17, 15) is 4.79 Å². The fraction of sp³-hybridized carbons (Fsp3) is 0.583. The highest BCUT2D eigenvalue weighted by molar-refractivity contribution is 9.10. The Balaban J connectivity index is 2.22. The van der Waals surface area contributed by atoms with Gasteiger partial charge in [0.25, 0.3) is 0 Å². The van der Waals surface area contributed by atoms with Crippen LogP contribution < -0.4 is 0 Å². The van der Waals surface area contributed by atoms with E-state index in [0.29, 0.717) is 11.7 Å². The third-order valence-corrected chi connectivity index (χ3v) is 2.80. The zero-order valence-corrected chi connectivity index (χ0v) is 11.4. The van der Waals surface area contributed by atoms with Gasteiger partial charge in [-0.2, -0.15) is 0 Å². The summed E-state index contributed by atoms with van der Waals surface area (Å²) < 4.78 is 8.32. The van der Waals surface area contributed by atoms with E-state index < -0.39 is 5.60 Å². The lowest BCUT2D eigenvalue weighted by molar-refractivity contribution is 0.00575. The van der Waals surface area contributed by atoms with Crippen LogP contribution in [0.4, 0.5) is 0 Å². The molecule has 88 valence electrons. The molecule has 0 spiro atoms. The number of nitrogens with zero attached hydrogens (tertiary/aromatic N) is 1. The van der Waals surface area contributed by atoms with Crippen molar-refractivity contribution >= 4 is 21.9 Å². The molecule has 4 heteroatoms. The molecule has 1 aliphatic carbocycles. The third kappa shape index (κ3) is 2.67. The van der Waals surface area contributed by atoms with Crippen molar-refractivity contribution in [1.29, 1.82) is 0 Å². The van der Waals surface area contributed by atoms with Crippen LogP contribution in [-0.4, -0.2) is 16.1 Å². The number of ether oxygens (including phenoxy) is 1. The SMILES string of the molecule is CC(C)(C)OC(=O)c1cc(Br)cn1C1CC1. The monoisotopic (exact) mass is 285 g/mol. The fourth-order valence-corrected chi connectivity index (χ4v) is 2.03. The minimum Gasteiger partial charge on any atom is -0.455 e. The molecule has 0 saturated heterocycles. The van der Waals surface area contributed by atoms with Gasteiger partial charge in [-0.25, -0.2) is 4.79 Å². The van der Waals surface area contributed by atoms with Gasteiger partial charge in [0.1, 0.15) is 11.3 Å². The lowest BCUT2D eigenvalue weighted by Crippen LogP contribution is -2.25. The quantitative estimate of drug-likeness (QED) is 0.779. The van der Waals surface area contributed by atoms with E-state index in [2.05, 4.69) is 15.9 Å². The van der Waals surface area contributed by atoms with Crippen LogP contribution in [0.25, 0.3) is 0 Å². The number of carbonyl (C=O) groups excluding carboxylic acids is 1. The molecule has 0 radical (unpaired) electrons. The van der Waals surface area contributed by atoms with Crippen molar-refractivity contribution in [2.24, 2.45) is 0 Å². The van der Waals surface area contributed by atoms with Gasteiger partial charge < -0.3 is 9.30 Å². The Morgan fingerprint density at radius 1 is 1.50 bits per heavy atom. The van der Waals surface area contributed by atoms with Crippen molar-refractivity contribution in [3.63, 3.8) is 0 Å². The van der Waals surface area contributed by atoms with Crippen LogP contribution in [0, 0.1) is 0 Å². The summed E-state index contributed by atoms with van der Waals surface area (Å²) in [6.07, 6.45) is 4.25. The minimum absolute atomic E-state index is 0.245. The minimum atomic E-state index is -0.442. The normalized spacial score (nSPS) is 16.2. The molecule has 0 amide bonds. The first-order chi connectivity index (χ1) is 7.37. The van der Waals surface area contributed by atoms with Gasteiger partial charge in [0, 0.05) is 16.7 Å². The van der Waals surface area contributed by atoms with E-state index in [-0.39, 0.29) is 5.97 Å². The van der Waals surface area contributed by atoms with E-state index in [1.165, 1.54) is 0 Å². The Morgan fingerprint density at radius 3 is 2.62 bits per heavy atom. The van der Waals surface area contributed by atoms with Gasteiger partial charge in [0.05, 0.1) is 0 Å². The van der Waals surface area contributed by atoms with Crippen LogP contribution in [0.1, 0.15) is 50.1 Å². The molecule has 1 aliphatic rings. The molecular formula is C12H16BrNO2. The van der Waals surface area contributed by atoms with Crippen molar-refractivity contribution in [3.8, 4) is 0 Å². The predicted octanol–water partition coefficient (Wildman–Crippen LogP) is 3.54. The highest BCUT2D eigenvalue weighted by Crippen LogP contribution is 2.37. The van der Waals surface area contributed by atoms with E-state index >= 15 is 0 Å². The molecule has 0 aromatic carbocycles. The van der Waals surface area contributed by atoms with Gasteiger partial charge >= 0.3 is 5.97 Å². The molecule has 2 rings (SSSR count). The largest absolute Gasteiger partial charge is 0.455 e. The summed E-state index contributed by atoms with van der Waals surface area (Å²) in [7, 11) is 0. The highest BCUT2D eigenvalue weighted by Gasteiger charge is 2.29. The summed E-state index contributed by atoms with van der Waals surface area (Å²) in [5.41, 5.74) is 0.201. The molecule has 0 N–H and O–H groups in total. The predicted molar refractivity (Wildman–Crippen MR) is 65.6 cm³/mol. The van der Waals surface area contributed by atoms with Gasteiger partial charge in [-0.15, -0.1) is 0 Å². The number of esters is 1. The van der Waals surface area contributed by atoms with Crippen LogP contribution in [0.2, 0.25) is 0 Å². The van der Waals surface area contributed by atoms with Crippen molar-refractivity contribution in [2.45, 2.75) is 45.3 Å². The van der Waals surface area contributed by atoms with E-state index in [1.807, 2.05) is 37.6 Å². The van der Waals surface area contributed by atoms with E-state index in [0.717, 1.165) is 17.3 Å². The van der Waals surface area contributed by atoms with E-state index in [1.54, 1.807) is 0 Å². The van der Waals surface area contributed by atoms with Gasteiger partial charge in [-0.3, -0.25) is 0 Å². The maximum absolute atomic E-state index is 12.0. The standard InChI is InChI=1S/C12H16BrNO2/c1-12(2,3)16-11(15)10-6-8(13)7-14(10)9-4-5-9/h6-7,9H,4-5H2,1-3H3. The van der Waals surface area contributed by atoms with Gasteiger partial charge in [0.2, 0.25) is 0 Å². The van der Waals surface area contributed by atoms with Crippen LogP contribution >= 0.6 is 15.9 Å². The molecule has 0 atom stereocenters. The maximum atomic E-state index is 12.0. The molecule has 0 bridgehead atoms. The fourth-order valence-electron chi connectivity index (χ4n) is 1.59. The number of aromatic nitrogens is 1. The molecule has 1 heterocycles. The molecule has 1 aromatic rings. The van der Waals surface area contributed by atoms with Crippen LogP contribution in [0.15, 0.2) is 16.7 Å². The number of rotatable bonds is 2. The van der Waals surface area contributed by atoms with Crippen molar-refractivity contribution in [2.75, 3.05) is 0 Å². The van der Waals surface area contributed by atoms with E-state index in [4.69, 9.17) is 4.74 Å². The Kier molecular flexibility index (Phi) is 2.86. The zero-order valence-electron chi connectivity index (χ0n) is 9.79. The smallest absolute Gasteiger partial charge is 0.355 e. The zero-order chi connectivity index (χ0) is 11.9. The first-order valence-electron chi connectivity index (χ1n) is 5.47. The Labute approximate surface area is 104 Å². The van der Waals surface area contributed by atoms with Gasteiger partial charge in [0.15, 0.2) is 0 Å². The van der Waals surface area contributed by atoms with Crippen molar-refractivity contribution in [3.05, 3.63) is 22.4 Å². The topological polar surface area (TPSA) is 31.2 Å². The molecule has 0 unspecified atom stereocenters. The molecule has 1 aromatic heterocycles. The van der Waals surface area contributed by atoms with Crippen LogP contribution in [0.5, 0.6) is 0 Å². The lowest BCUT2D eigenvalue weighted by atomic mass is 10.2. The number of hydrogen-bond acceptors (Lipinski definition) is 2. The average Bonchev–Trinajstić information content (AvgIpc) is 2.87. The second-order valence-corrected chi connectivity index (χ2v) is 6.10. The van der Waals surface area contributed by atoms with Gasteiger partial charge in [-0.1, -0.05) is 0 Å². The van der Waals surface area contributed by atoms with Crippen molar-refractivity contribution in [1.82, 2.24) is 4.57 Å². The Morgan fingerprint density at radius 2 is 2.12 bits per heavy atom. The summed E-state index contributed by atoms with van der Waals surface area (Å²) >= 11 is 3.40. The highest BCUT2D eigenvalue weighted by atomic mass is 79.9. The Hall–Kier alpha value is -0.770. The summed E-state index contributed by atoms with van der Waals surface area (Å²) in [5.74, 6) is -0.245. The molecule has 0 aliphatic heterocycles. The second kappa shape index (κ2) is 3.91. The third-order valence-electron chi connectivity index (χ3n) is 2.36. The molecule has 3 nitrogen and oxygen atoms in total. The van der Waals surface area contributed by atoms with Crippen LogP contribution in [0.3, 0.4) is 0 Å². The molecule has 1 saturated carbocycles. The first kappa shape index (κ1) is 11.7. The Bertz CT molecular complexity index is 413. The number of carbonyl (C=O) groups is 1. The number of halogens is 1. The van der Waals surface area contributed by atoms with Crippen LogP contribution in [-0.2, 0) is 4.74 Å². The summed E-state index contributed by atoms with van der Waals surface area (Å²) in [6, 6.07) is 2.31. The first-order valence-corrected chi connectivity index (χ1v) is 6.27. The maximum Gasteiger partial charge on any atom is 0.355 e. The average molecular weight is 286 g/mol. The summed E-state index contributed by atoms with van der Waals surface area (Å²) in [4.78, 5) is 12.0. The molecular weight excluding hydrogens is 270 g/mol. The van der Waals surface area contributed by atoms with Crippen molar-refractivity contribution < 1.29 is 9.53 Å². The lowest BCUT2D eigenvalue weighted by Gasteiger charge is -2.20. The second-order valence-electron chi connectivity index (χ2n) is 5.18. The number of hydrogen-bond donors (Lipinski definition) is 0.